The molecule has 1 aromatic heterocycles. The third-order valence-corrected chi connectivity index (χ3v) is 2.67. The first kappa shape index (κ1) is 12.8. The Labute approximate surface area is 104 Å². The zero-order valence-corrected chi connectivity index (χ0v) is 10.3. The highest BCUT2D eigenvalue weighted by Crippen LogP contribution is 2.24. The van der Waals surface area contributed by atoms with Gasteiger partial charge in [0.1, 0.15) is 12.7 Å². The van der Waals surface area contributed by atoms with Gasteiger partial charge in [-0.3, -0.25) is 4.57 Å². The van der Waals surface area contributed by atoms with Crippen LogP contribution in [0.25, 0.3) is 0 Å². The maximum absolute atomic E-state index is 10.7. The molecule has 1 saturated heterocycles. The molecule has 100 valence electrons. The molecule has 0 bridgehead atoms. The largest absolute Gasteiger partial charge is 0.470 e. The lowest BCUT2D eigenvalue weighted by Crippen LogP contribution is -2.45. The van der Waals surface area contributed by atoms with Crippen LogP contribution in [0.5, 0.6) is 5.88 Å². The van der Waals surface area contributed by atoms with Gasteiger partial charge in [0.05, 0.1) is 6.10 Å². The third-order valence-electron chi connectivity index (χ3n) is 2.67. The van der Waals surface area contributed by atoms with Gasteiger partial charge < -0.3 is 24.9 Å². The fourth-order valence-electron chi connectivity index (χ4n) is 1.84. The molecular weight excluding hydrogens is 240 g/mol. The summed E-state index contributed by atoms with van der Waals surface area (Å²) >= 11 is 0. The predicted octanol–water partition coefficient (Wildman–Crippen LogP) is 0.0840. The van der Waals surface area contributed by atoms with E-state index in [1.165, 1.54) is 10.9 Å². The average molecular weight is 256 g/mol. The number of nitro groups is 1. The van der Waals surface area contributed by atoms with E-state index in [-0.39, 0.29) is 30.5 Å². The van der Waals surface area contributed by atoms with E-state index in [4.69, 9.17) is 9.47 Å². The number of aryl methyl sites for hydroxylation is 1. The average Bonchev–Trinajstić information content (AvgIpc) is 2.68. The summed E-state index contributed by atoms with van der Waals surface area (Å²) in [6.45, 7) is 3.71. The minimum Gasteiger partial charge on any atom is -0.470 e. The molecule has 1 aliphatic rings. The van der Waals surface area contributed by atoms with Crippen molar-refractivity contribution in [2.24, 2.45) is 7.05 Å². The summed E-state index contributed by atoms with van der Waals surface area (Å²) < 4.78 is 12.6. The van der Waals surface area contributed by atoms with Crippen LogP contribution in [0.1, 0.15) is 6.92 Å². The van der Waals surface area contributed by atoms with Gasteiger partial charge in [0.2, 0.25) is 6.33 Å². The maximum atomic E-state index is 10.7. The summed E-state index contributed by atoms with van der Waals surface area (Å²) in [7, 11) is 1.65. The summed E-state index contributed by atoms with van der Waals surface area (Å²) in [5.74, 6) is -0.115. The summed E-state index contributed by atoms with van der Waals surface area (Å²) in [4.78, 5) is 13.9. The molecule has 1 N–H and O–H groups in total. The number of imidazole rings is 1. The van der Waals surface area contributed by atoms with Crippen molar-refractivity contribution in [1.82, 2.24) is 14.9 Å². The van der Waals surface area contributed by atoms with Gasteiger partial charge in [-0.15, -0.1) is 0 Å². The van der Waals surface area contributed by atoms with Gasteiger partial charge in [0.15, 0.2) is 0 Å². The zero-order chi connectivity index (χ0) is 13.1. The lowest BCUT2D eigenvalue weighted by atomic mass is 10.2. The molecule has 0 saturated carbocycles. The second-order valence-corrected chi connectivity index (χ2v) is 4.28. The van der Waals surface area contributed by atoms with E-state index in [0.29, 0.717) is 6.54 Å². The summed E-state index contributed by atoms with van der Waals surface area (Å²) in [5, 5.41) is 13.9. The van der Waals surface area contributed by atoms with Crippen LogP contribution in [0.3, 0.4) is 0 Å². The smallest absolute Gasteiger partial charge is 0.426 e. The lowest BCUT2D eigenvalue weighted by molar-refractivity contribution is -0.390. The van der Waals surface area contributed by atoms with Gasteiger partial charge in [-0.25, -0.2) is 0 Å². The van der Waals surface area contributed by atoms with Crippen molar-refractivity contribution in [2.45, 2.75) is 19.1 Å². The van der Waals surface area contributed by atoms with Crippen molar-refractivity contribution in [1.29, 1.82) is 0 Å². The summed E-state index contributed by atoms with van der Waals surface area (Å²) in [6, 6.07) is 0. The Morgan fingerprint density at radius 2 is 2.50 bits per heavy atom. The topological polar surface area (TPSA) is 91.5 Å². The molecule has 0 aromatic carbocycles. The van der Waals surface area contributed by atoms with Crippen molar-refractivity contribution in [3.63, 3.8) is 0 Å². The minimum atomic E-state index is -0.558. The standard InChI is InChI=1S/C10H16N4O4/c1-7-3-11-4-8(18-7)5-17-10-9(14(15)16)12-6-13(10)2/h6-8,11H,3-5H2,1-2H3. The number of ether oxygens (including phenoxy) is 2. The Balaban J connectivity index is 1.97. The Kier molecular flexibility index (Phi) is 3.78. The molecule has 0 spiro atoms. The van der Waals surface area contributed by atoms with Crippen molar-refractivity contribution in [3.8, 4) is 5.88 Å². The lowest BCUT2D eigenvalue weighted by Gasteiger charge is -2.28. The van der Waals surface area contributed by atoms with E-state index in [1.807, 2.05) is 6.92 Å². The first-order valence-electron chi connectivity index (χ1n) is 5.72. The second-order valence-electron chi connectivity index (χ2n) is 4.28. The van der Waals surface area contributed by atoms with E-state index >= 15 is 0 Å². The molecule has 18 heavy (non-hydrogen) atoms. The van der Waals surface area contributed by atoms with Gasteiger partial charge in [-0.05, 0) is 16.8 Å². The molecule has 0 amide bonds. The van der Waals surface area contributed by atoms with Crippen LogP contribution >= 0.6 is 0 Å². The van der Waals surface area contributed by atoms with Crippen LogP contribution in [-0.4, -0.2) is 46.4 Å². The molecule has 1 aromatic rings. The molecule has 2 unspecified atom stereocenters. The van der Waals surface area contributed by atoms with E-state index < -0.39 is 4.92 Å². The summed E-state index contributed by atoms with van der Waals surface area (Å²) in [5.41, 5.74) is 0. The van der Waals surface area contributed by atoms with Crippen LogP contribution in [0.4, 0.5) is 5.82 Å². The molecule has 1 aliphatic heterocycles. The van der Waals surface area contributed by atoms with Crippen molar-refractivity contribution in [3.05, 3.63) is 16.4 Å². The normalized spacial score (nSPS) is 23.9. The highest BCUT2D eigenvalue weighted by atomic mass is 16.6. The quantitative estimate of drug-likeness (QED) is 0.606. The molecule has 2 atom stereocenters. The highest BCUT2D eigenvalue weighted by molar-refractivity contribution is 5.33. The number of nitrogens with zero attached hydrogens (tertiary/aromatic N) is 3. The third kappa shape index (κ3) is 2.77. The Hall–Kier alpha value is -1.67. The molecule has 8 heteroatoms. The first-order chi connectivity index (χ1) is 8.58. The van der Waals surface area contributed by atoms with Crippen LogP contribution in [-0.2, 0) is 11.8 Å². The van der Waals surface area contributed by atoms with E-state index in [0.717, 1.165) is 6.54 Å². The van der Waals surface area contributed by atoms with Crippen LogP contribution in [0, 0.1) is 10.1 Å². The van der Waals surface area contributed by atoms with Crippen molar-refractivity contribution in [2.75, 3.05) is 19.7 Å². The number of hydrogen-bond donors (Lipinski definition) is 1. The van der Waals surface area contributed by atoms with Gasteiger partial charge in [0, 0.05) is 20.1 Å². The SMILES string of the molecule is CC1CNCC(COc2c([N+](=O)[O-])ncn2C)O1. The van der Waals surface area contributed by atoms with E-state index in [1.54, 1.807) is 7.05 Å². The Bertz CT molecular complexity index is 434. The van der Waals surface area contributed by atoms with Crippen molar-refractivity contribution < 1.29 is 14.4 Å². The zero-order valence-electron chi connectivity index (χ0n) is 10.3. The van der Waals surface area contributed by atoms with E-state index in [2.05, 4.69) is 10.3 Å². The van der Waals surface area contributed by atoms with Crippen LogP contribution in [0.15, 0.2) is 6.33 Å². The van der Waals surface area contributed by atoms with Crippen LogP contribution < -0.4 is 10.1 Å². The molecular formula is C10H16N4O4. The second kappa shape index (κ2) is 5.32. The highest BCUT2D eigenvalue weighted by Gasteiger charge is 2.25. The van der Waals surface area contributed by atoms with Gasteiger partial charge in [-0.2, -0.15) is 0 Å². The number of hydrogen-bond acceptors (Lipinski definition) is 6. The molecule has 2 rings (SSSR count). The number of morpholine rings is 1. The minimum absolute atomic E-state index is 0.108. The predicted molar refractivity (Wildman–Crippen MR) is 62.6 cm³/mol. The molecule has 0 aliphatic carbocycles. The fourth-order valence-corrected chi connectivity index (χ4v) is 1.84. The van der Waals surface area contributed by atoms with E-state index in [9.17, 15) is 10.1 Å². The van der Waals surface area contributed by atoms with Gasteiger partial charge >= 0.3 is 5.82 Å². The monoisotopic (exact) mass is 256 g/mol. The van der Waals surface area contributed by atoms with Gasteiger partial charge in [0.25, 0.3) is 5.88 Å². The Morgan fingerprint density at radius 1 is 1.72 bits per heavy atom. The molecule has 2 heterocycles. The van der Waals surface area contributed by atoms with Crippen LogP contribution in [0.2, 0.25) is 0 Å². The number of rotatable bonds is 4. The first-order valence-corrected chi connectivity index (χ1v) is 5.72. The maximum Gasteiger partial charge on any atom is 0.426 e. The van der Waals surface area contributed by atoms with Crippen molar-refractivity contribution >= 4 is 5.82 Å². The summed E-state index contributed by atoms with van der Waals surface area (Å²) in [6.07, 6.45) is 1.37. The number of nitrogens with one attached hydrogen (secondary N) is 1. The van der Waals surface area contributed by atoms with Gasteiger partial charge in [-0.1, -0.05) is 0 Å². The Morgan fingerprint density at radius 3 is 3.17 bits per heavy atom. The fraction of sp³-hybridized carbons (Fsp3) is 0.700. The molecule has 1 fully saturated rings. The molecule has 0 radical (unpaired) electrons. The molecule has 8 nitrogen and oxygen atoms in total. The number of aromatic nitrogens is 2.